The van der Waals surface area contributed by atoms with Crippen molar-refractivity contribution in [1.29, 1.82) is 0 Å². The summed E-state index contributed by atoms with van der Waals surface area (Å²) in [4.78, 5) is 14.0. The van der Waals surface area contributed by atoms with Crippen LogP contribution in [0.1, 0.15) is 21.5 Å². The molecule has 0 spiro atoms. The van der Waals surface area contributed by atoms with Crippen LogP contribution in [0.2, 0.25) is 0 Å². The summed E-state index contributed by atoms with van der Waals surface area (Å²) in [5, 5.41) is 0. The van der Waals surface area contributed by atoms with Crippen molar-refractivity contribution >= 4 is 33.2 Å². The molecule has 0 N–H and O–H groups in total. The van der Waals surface area contributed by atoms with Crippen LogP contribution in [0.3, 0.4) is 0 Å². The van der Waals surface area contributed by atoms with Crippen molar-refractivity contribution in [2.45, 2.75) is 6.92 Å². The average Bonchev–Trinajstić information content (AvgIpc) is 2.68. The molecule has 1 aliphatic rings. The Morgan fingerprint density at radius 1 is 1.20 bits per heavy atom. The lowest BCUT2D eigenvalue weighted by Gasteiger charge is -2.20. The number of nitrogens with zero attached hydrogens (tertiary/aromatic N) is 1. The molecule has 0 bridgehead atoms. The summed E-state index contributed by atoms with van der Waals surface area (Å²) in [5.74, 6) is -0.478. The minimum Gasteiger partial charge on any atom is -0.277 e. The zero-order valence-electron chi connectivity index (χ0n) is 10.8. The van der Waals surface area contributed by atoms with Gasteiger partial charge in [0, 0.05) is 11.1 Å². The zero-order chi connectivity index (χ0) is 14.4. The monoisotopic (exact) mass is 331 g/mol. The molecule has 0 saturated carbocycles. The van der Waals surface area contributed by atoms with Gasteiger partial charge < -0.3 is 0 Å². The Kier molecular flexibility index (Phi) is 2.98. The van der Waals surface area contributed by atoms with Gasteiger partial charge in [0.2, 0.25) is 0 Å². The number of rotatable bonds is 1. The Balaban J connectivity index is 2.17. The van der Waals surface area contributed by atoms with E-state index < -0.39 is 0 Å². The maximum absolute atomic E-state index is 13.5. The normalized spacial score (nSPS) is 13.8. The molecule has 0 unspecified atom stereocenters. The Hall–Kier alpha value is -1.94. The largest absolute Gasteiger partial charge is 0.277 e. The number of amides is 1. The van der Waals surface area contributed by atoms with E-state index in [-0.39, 0.29) is 11.7 Å². The molecule has 0 aromatic heterocycles. The fourth-order valence-corrected chi connectivity index (χ4v) is 2.75. The van der Waals surface area contributed by atoms with Crippen LogP contribution in [0.5, 0.6) is 0 Å². The topological polar surface area (TPSA) is 20.3 Å². The number of carbonyl (C=O) groups is 1. The lowest BCUT2D eigenvalue weighted by Crippen LogP contribution is -2.22. The molecule has 2 aromatic rings. The molecule has 0 fully saturated rings. The van der Waals surface area contributed by atoms with Crippen LogP contribution in [-0.2, 0) is 0 Å². The number of benzene rings is 2. The van der Waals surface area contributed by atoms with Gasteiger partial charge in [-0.05, 0) is 46.6 Å². The maximum atomic E-state index is 13.5. The van der Waals surface area contributed by atoms with Crippen LogP contribution in [0.25, 0.3) is 5.70 Å². The van der Waals surface area contributed by atoms with Crippen LogP contribution in [0.4, 0.5) is 10.1 Å². The molecular formula is C16H11BrFNO. The van der Waals surface area contributed by atoms with Gasteiger partial charge in [-0.15, -0.1) is 0 Å². The van der Waals surface area contributed by atoms with Crippen LogP contribution in [-0.4, -0.2) is 5.91 Å². The molecular weight excluding hydrogens is 321 g/mol. The predicted octanol–water partition coefficient (Wildman–Crippen LogP) is 4.53. The third-order valence-electron chi connectivity index (χ3n) is 3.42. The molecule has 2 aromatic carbocycles. The summed E-state index contributed by atoms with van der Waals surface area (Å²) < 4.78 is 13.9. The molecule has 1 heterocycles. The maximum Gasteiger partial charge on any atom is 0.263 e. The summed E-state index contributed by atoms with van der Waals surface area (Å²) >= 11 is 3.16. The van der Waals surface area contributed by atoms with Gasteiger partial charge in [0.25, 0.3) is 5.91 Å². The summed E-state index contributed by atoms with van der Waals surface area (Å²) in [6.07, 6.45) is 0. The predicted molar refractivity (Wildman–Crippen MR) is 81.1 cm³/mol. The van der Waals surface area contributed by atoms with E-state index in [2.05, 4.69) is 22.5 Å². The van der Waals surface area contributed by atoms with Crippen molar-refractivity contribution in [2.24, 2.45) is 0 Å². The van der Waals surface area contributed by atoms with Crippen molar-refractivity contribution in [3.05, 3.63) is 70.0 Å². The van der Waals surface area contributed by atoms with Crippen molar-refractivity contribution in [3.63, 3.8) is 0 Å². The lowest BCUT2D eigenvalue weighted by molar-refractivity contribution is 0.101. The molecule has 0 aliphatic carbocycles. The molecule has 100 valence electrons. The summed E-state index contributed by atoms with van der Waals surface area (Å²) in [6.45, 7) is 5.77. The highest BCUT2D eigenvalue weighted by Crippen LogP contribution is 2.38. The first-order valence-corrected chi connectivity index (χ1v) is 6.88. The molecule has 0 radical (unpaired) electrons. The van der Waals surface area contributed by atoms with Crippen molar-refractivity contribution in [1.82, 2.24) is 0 Å². The second-order valence-electron chi connectivity index (χ2n) is 4.69. The minimum atomic E-state index is -0.346. The molecule has 2 nitrogen and oxygen atoms in total. The fraction of sp³-hybridized carbons (Fsp3) is 0.0625. The number of halogens is 2. The second-order valence-corrected chi connectivity index (χ2v) is 5.54. The van der Waals surface area contributed by atoms with Gasteiger partial charge in [-0.3, -0.25) is 9.69 Å². The zero-order valence-corrected chi connectivity index (χ0v) is 12.4. The van der Waals surface area contributed by atoms with Crippen LogP contribution in [0.15, 0.2) is 47.4 Å². The Bertz CT molecular complexity index is 719. The van der Waals surface area contributed by atoms with E-state index in [4.69, 9.17) is 0 Å². The fourth-order valence-electron chi connectivity index (χ4n) is 2.42. The molecule has 3 rings (SSSR count). The quantitative estimate of drug-likeness (QED) is 0.751. The number of hydrogen-bond acceptors (Lipinski definition) is 1. The molecule has 1 amide bonds. The van der Waals surface area contributed by atoms with Gasteiger partial charge in [0.15, 0.2) is 0 Å². The first-order valence-electron chi connectivity index (χ1n) is 6.09. The summed E-state index contributed by atoms with van der Waals surface area (Å²) in [7, 11) is 0. The van der Waals surface area contributed by atoms with E-state index in [9.17, 15) is 9.18 Å². The highest BCUT2D eigenvalue weighted by Gasteiger charge is 2.32. The van der Waals surface area contributed by atoms with Crippen molar-refractivity contribution in [3.8, 4) is 0 Å². The van der Waals surface area contributed by atoms with E-state index in [0.717, 1.165) is 5.56 Å². The lowest BCUT2D eigenvalue weighted by atomic mass is 10.1. The number of fused-ring (bicyclic) bond motifs is 1. The third-order valence-corrected chi connectivity index (χ3v) is 4.03. The van der Waals surface area contributed by atoms with E-state index >= 15 is 0 Å². The third kappa shape index (κ3) is 1.79. The van der Waals surface area contributed by atoms with Gasteiger partial charge in [-0.2, -0.15) is 0 Å². The van der Waals surface area contributed by atoms with E-state index in [1.54, 1.807) is 19.1 Å². The van der Waals surface area contributed by atoms with E-state index in [1.165, 1.54) is 11.0 Å². The summed E-state index contributed by atoms with van der Waals surface area (Å²) in [6, 6.07) is 10.3. The number of hydrogen-bond donors (Lipinski definition) is 0. The van der Waals surface area contributed by atoms with Gasteiger partial charge in [0.05, 0.1) is 15.9 Å². The molecule has 20 heavy (non-hydrogen) atoms. The Labute approximate surface area is 124 Å². The average molecular weight is 332 g/mol. The van der Waals surface area contributed by atoms with Crippen molar-refractivity contribution < 1.29 is 9.18 Å². The molecule has 0 saturated heterocycles. The second kappa shape index (κ2) is 4.56. The minimum absolute atomic E-state index is 0.132. The number of aryl methyl sites for hydroxylation is 1. The van der Waals surface area contributed by atoms with E-state index in [0.29, 0.717) is 27.0 Å². The van der Waals surface area contributed by atoms with Gasteiger partial charge in [-0.25, -0.2) is 4.39 Å². The summed E-state index contributed by atoms with van der Waals surface area (Å²) in [5.41, 5.74) is 3.39. The highest BCUT2D eigenvalue weighted by molar-refractivity contribution is 9.10. The van der Waals surface area contributed by atoms with Gasteiger partial charge >= 0.3 is 0 Å². The number of anilines is 1. The highest BCUT2D eigenvalue weighted by atomic mass is 79.9. The van der Waals surface area contributed by atoms with Crippen LogP contribution in [0, 0.1) is 12.7 Å². The first kappa shape index (κ1) is 13.1. The molecule has 0 atom stereocenters. The SMILES string of the molecule is C=C1c2ccccc2C(=O)N1c1cc(Br)c(F)cc1C. The standard InChI is InChI=1S/C16H11BrFNO/c1-9-7-14(18)13(17)8-15(9)19-10(2)11-5-3-4-6-12(11)16(19)20/h3-8H,2H2,1H3. The Morgan fingerprint density at radius 3 is 2.50 bits per heavy atom. The van der Waals surface area contributed by atoms with E-state index in [1.807, 2.05) is 18.2 Å². The van der Waals surface area contributed by atoms with Gasteiger partial charge in [0.1, 0.15) is 5.82 Å². The van der Waals surface area contributed by atoms with Gasteiger partial charge in [-0.1, -0.05) is 24.8 Å². The van der Waals surface area contributed by atoms with Crippen molar-refractivity contribution in [2.75, 3.05) is 4.90 Å². The Morgan fingerprint density at radius 2 is 1.85 bits per heavy atom. The first-order chi connectivity index (χ1) is 9.50. The van der Waals surface area contributed by atoms with Crippen LogP contribution < -0.4 is 4.90 Å². The van der Waals surface area contributed by atoms with Crippen LogP contribution >= 0.6 is 15.9 Å². The molecule has 4 heteroatoms. The molecule has 1 aliphatic heterocycles. The number of carbonyl (C=O) groups excluding carboxylic acids is 1. The smallest absolute Gasteiger partial charge is 0.263 e.